The molecule has 0 unspecified atom stereocenters. The molecule has 2 aromatic heterocycles. The van der Waals surface area contributed by atoms with Crippen LogP contribution in [0.2, 0.25) is 0 Å². The molecule has 0 aliphatic heterocycles. The Labute approximate surface area is 274 Å². The lowest BCUT2D eigenvalue weighted by Crippen LogP contribution is -2.16. The number of hydrogen-bond donors (Lipinski definition) is 2. The van der Waals surface area contributed by atoms with E-state index in [1.807, 2.05) is 65.9 Å². The van der Waals surface area contributed by atoms with E-state index in [1.165, 1.54) is 36.9 Å². The van der Waals surface area contributed by atoms with Crippen LogP contribution in [0.3, 0.4) is 0 Å². The first kappa shape index (κ1) is 27.3. The molecule has 0 fully saturated rings. The predicted octanol–water partition coefficient (Wildman–Crippen LogP) is 11.2. The van der Waals surface area contributed by atoms with Crippen LogP contribution in [0, 0.1) is 5.41 Å². The minimum Gasteiger partial charge on any atom is -0.456 e. The minimum atomic E-state index is 0.114. The predicted molar refractivity (Wildman–Crippen MR) is 199 cm³/mol. The van der Waals surface area contributed by atoms with Crippen molar-refractivity contribution in [1.29, 1.82) is 5.41 Å². The van der Waals surface area contributed by atoms with Crippen molar-refractivity contribution in [1.82, 2.24) is 0 Å². The Morgan fingerprint density at radius 3 is 2.28 bits per heavy atom. The minimum absolute atomic E-state index is 0.114. The maximum absolute atomic E-state index is 8.79. The quantitative estimate of drug-likeness (QED) is 0.152. The number of hydrogen-bond acceptors (Lipinski definition) is 3. The van der Waals surface area contributed by atoms with E-state index < -0.39 is 0 Å². The Morgan fingerprint density at radius 2 is 1.38 bits per heavy atom. The molecule has 0 aliphatic carbocycles. The summed E-state index contributed by atoms with van der Waals surface area (Å²) in [6.07, 6.45) is 0. The molecule has 0 amide bonds. The van der Waals surface area contributed by atoms with Crippen molar-refractivity contribution in [2.75, 3.05) is 0 Å². The summed E-state index contributed by atoms with van der Waals surface area (Å²) in [6.45, 7) is 0. The van der Waals surface area contributed by atoms with Gasteiger partial charge in [-0.15, -0.1) is 11.3 Å². The standard InChI is InChI=1S/C42H27N3OS/c43-41(29-18-17-26-11-4-5-12-27(26)21-29)45-42(44)32-14-8-15-36-39(32)34-22-28(19-20-35(34)46-36)33-23-30(25-9-2-1-3-10-25)24-38-40(33)31-13-6-7-16-37(31)47-38/h1-24H,(H3,43,44,45). The van der Waals surface area contributed by atoms with Gasteiger partial charge in [-0.05, 0) is 75.5 Å². The molecule has 9 rings (SSSR count). The first-order valence-electron chi connectivity index (χ1n) is 15.5. The summed E-state index contributed by atoms with van der Waals surface area (Å²) in [5.41, 5.74) is 14.3. The second-order valence-electron chi connectivity index (χ2n) is 11.8. The molecule has 2 heterocycles. The van der Waals surface area contributed by atoms with Crippen LogP contribution in [0.5, 0.6) is 0 Å². The van der Waals surface area contributed by atoms with Gasteiger partial charge in [-0.2, -0.15) is 0 Å². The van der Waals surface area contributed by atoms with Crippen LogP contribution in [-0.2, 0) is 0 Å². The van der Waals surface area contributed by atoms with E-state index in [4.69, 9.17) is 15.6 Å². The van der Waals surface area contributed by atoms with E-state index in [1.54, 1.807) is 0 Å². The van der Waals surface area contributed by atoms with Crippen molar-refractivity contribution in [2.24, 2.45) is 10.7 Å². The highest BCUT2D eigenvalue weighted by molar-refractivity contribution is 7.26. The molecule has 3 N–H and O–H groups in total. The summed E-state index contributed by atoms with van der Waals surface area (Å²) in [5.74, 6) is 0.391. The van der Waals surface area contributed by atoms with Crippen molar-refractivity contribution in [2.45, 2.75) is 0 Å². The molecular weight excluding hydrogens is 595 g/mol. The van der Waals surface area contributed by atoms with Gasteiger partial charge in [0.1, 0.15) is 17.0 Å². The molecular formula is C42H27N3OS. The Hall–Kier alpha value is -6.04. The summed E-state index contributed by atoms with van der Waals surface area (Å²) in [5, 5.41) is 15.3. The zero-order valence-electron chi connectivity index (χ0n) is 25.2. The van der Waals surface area contributed by atoms with E-state index in [-0.39, 0.29) is 11.7 Å². The number of thiophene rings is 1. The van der Waals surface area contributed by atoms with Crippen LogP contribution >= 0.6 is 11.3 Å². The van der Waals surface area contributed by atoms with Gasteiger partial charge in [0.15, 0.2) is 5.84 Å². The molecule has 222 valence electrons. The smallest absolute Gasteiger partial charge is 0.154 e. The van der Waals surface area contributed by atoms with E-state index in [2.05, 4.69) is 96.0 Å². The first-order chi connectivity index (χ1) is 23.1. The fraction of sp³-hybridized carbons (Fsp3) is 0. The molecule has 0 bridgehead atoms. The molecule has 0 saturated carbocycles. The highest BCUT2D eigenvalue weighted by atomic mass is 32.1. The third-order valence-electron chi connectivity index (χ3n) is 8.92. The van der Waals surface area contributed by atoms with E-state index in [0.717, 1.165) is 43.8 Å². The van der Waals surface area contributed by atoms with Crippen molar-refractivity contribution in [3.05, 3.63) is 157 Å². The van der Waals surface area contributed by atoms with Crippen LogP contribution in [0.4, 0.5) is 0 Å². The molecule has 0 saturated heterocycles. The third kappa shape index (κ3) is 4.59. The number of fused-ring (bicyclic) bond motifs is 7. The van der Waals surface area contributed by atoms with Crippen LogP contribution in [0.25, 0.3) is 75.1 Å². The summed E-state index contributed by atoms with van der Waals surface area (Å²) in [4.78, 5) is 4.59. The van der Waals surface area contributed by atoms with E-state index in [9.17, 15) is 0 Å². The monoisotopic (exact) mass is 621 g/mol. The molecule has 4 nitrogen and oxygen atoms in total. The molecule has 5 heteroatoms. The van der Waals surface area contributed by atoms with Gasteiger partial charge in [-0.3, -0.25) is 5.41 Å². The normalized spacial score (nSPS) is 12.1. The van der Waals surface area contributed by atoms with Crippen LogP contribution in [0.1, 0.15) is 11.1 Å². The topological polar surface area (TPSA) is 75.4 Å². The average Bonchev–Trinajstić information content (AvgIpc) is 3.69. The Balaban J connectivity index is 1.22. The lowest BCUT2D eigenvalue weighted by atomic mass is 9.93. The molecule has 0 aliphatic rings. The van der Waals surface area contributed by atoms with Crippen molar-refractivity contribution < 1.29 is 4.42 Å². The van der Waals surface area contributed by atoms with Crippen LogP contribution < -0.4 is 5.73 Å². The Morgan fingerprint density at radius 1 is 0.574 bits per heavy atom. The number of aliphatic imine (C=N–C) groups is 1. The maximum Gasteiger partial charge on any atom is 0.154 e. The molecule has 0 atom stereocenters. The number of furan rings is 1. The van der Waals surface area contributed by atoms with Crippen LogP contribution in [0.15, 0.2) is 155 Å². The fourth-order valence-electron chi connectivity index (χ4n) is 6.67. The summed E-state index contributed by atoms with van der Waals surface area (Å²) < 4.78 is 8.87. The van der Waals surface area contributed by atoms with E-state index in [0.29, 0.717) is 5.56 Å². The molecule has 0 radical (unpaired) electrons. The Kier molecular flexibility index (Phi) is 6.27. The zero-order chi connectivity index (χ0) is 31.5. The van der Waals surface area contributed by atoms with Crippen LogP contribution in [-0.4, -0.2) is 11.7 Å². The number of nitrogens with zero attached hydrogens (tertiary/aromatic N) is 1. The van der Waals surface area contributed by atoms with Crippen molar-refractivity contribution in [3.63, 3.8) is 0 Å². The Bertz CT molecular complexity index is 2720. The van der Waals surface area contributed by atoms with Gasteiger partial charge in [0.25, 0.3) is 0 Å². The number of nitrogens with one attached hydrogen (secondary N) is 1. The second-order valence-corrected chi connectivity index (χ2v) is 12.8. The molecule has 47 heavy (non-hydrogen) atoms. The summed E-state index contributed by atoms with van der Waals surface area (Å²) in [6, 6.07) is 50.0. The molecule has 0 spiro atoms. The van der Waals surface area contributed by atoms with Gasteiger partial charge in [0.2, 0.25) is 0 Å². The largest absolute Gasteiger partial charge is 0.456 e. The number of amidine groups is 2. The lowest BCUT2D eigenvalue weighted by Gasteiger charge is -2.10. The second kappa shape index (κ2) is 10.8. The summed E-state index contributed by atoms with van der Waals surface area (Å²) in [7, 11) is 0. The zero-order valence-corrected chi connectivity index (χ0v) is 26.0. The van der Waals surface area contributed by atoms with Gasteiger partial charge in [0, 0.05) is 42.1 Å². The van der Waals surface area contributed by atoms with Gasteiger partial charge >= 0.3 is 0 Å². The molecule has 7 aromatic carbocycles. The lowest BCUT2D eigenvalue weighted by molar-refractivity contribution is 0.669. The van der Waals surface area contributed by atoms with Gasteiger partial charge < -0.3 is 10.2 Å². The molecule has 9 aromatic rings. The third-order valence-corrected chi connectivity index (χ3v) is 10.0. The highest BCUT2D eigenvalue weighted by Crippen LogP contribution is 2.44. The SMILES string of the molecule is N=C(N=C(N)c1cccc2oc3ccc(-c4cc(-c5ccccc5)cc5sc6ccccc6c45)cc3c12)c1ccc2ccccc2c1. The summed E-state index contributed by atoms with van der Waals surface area (Å²) >= 11 is 1.83. The number of nitrogens with two attached hydrogens (primary N) is 1. The van der Waals surface area contributed by atoms with Gasteiger partial charge in [0.05, 0.1) is 0 Å². The van der Waals surface area contributed by atoms with Gasteiger partial charge in [-0.25, -0.2) is 4.99 Å². The van der Waals surface area contributed by atoms with Crippen molar-refractivity contribution in [3.8, 4) is 22.3 Å². The number of benzene rings is 7. The van der Waals surface area contributed by atoms with E-state index >= 15 is 0 Å². The average molecular weight is 622 g/mol. The maximum atomic E-state index is 8.79. The number of rotatable bonds is 4. The van der Waals surface area contributed by atoms with Crippen molar-refractivity contribution >= 4 is 75.9 Å². The fourth-order valence-corrected chi connectivity index (χ4v) is 7.84. The van der Waals surface area contributed by atoms with Gasteiger partial charge in [-0.1, -0.05) is 103 Å². The first-order valence-corrected chi connectivity index (χ1v) is 16.3. The highest BCUT2D eigenvalue weighted by Gasteiger charge is 2.18.